The van der Waals surface area contributed by atoms with Crippen LogP contribution >= 0.6 is 0 Å². The van der Waals surface area contributed by atoms with Gasteiger partial charge in [0.25, 0.3) is 0 Å². The molecule has 17 heavy (non-hydrogen) atoms. The highest BCUT2D eigenvalue weighted by Crippen LogP contribution is 2.20. The Labute approximate surface area is 104 Å². The van der Waals surface area contributed by atoms with Crippen molar-refractivity contribution in [2.75, 3.05) is 25.5 Å². The van der Waals surface area contributed by atoms with Crippen LogP contribution in [-0.4, -0.2) is 20.6 Å². The van der Waals surface area contributed by atoms with Crippen molar-refractivity contribution in [2.24, 2.45) is 0 Å². The second kappa shape index (κ2) is 6.93. The van der Waals surface area contributed by atoms with Gasteiger partial charge >= 0.3 is 0 Å². The van der Waals surface area contributed by atoms with Crippen molar-refractivity contribution in [3.05, 3.63) is 29.3 Å². The van der Waals surface area contributed by atoms with Crippen LogP contribution in [0.25, 0.3) is 0 Å². The van der Waals surface area contributed by atoms with Crippen LogP contribution in [0.4, 0.5) is 5.69 Å². The lowest BCUT2D eigenvalue weighted by Gasteiger charge is -2.20. The van der Waals surface area contributed by atoms with Gasteiger partial charge in [-0.05, 0) is 31.2 Å². The fourth-order valence-electron chi connectivity index (χ4n) is 1.84. The van der Waals surface area contributed by atoms with Crippen LogP contribution in [0.15, 0.2) is 18.2 Å². The van der Waals surface area contributed by atoms with Gasteiger partial charge in [0.2, 0.25) is 0 Å². The summed E-state index contributed by atoms with van der Waals surface area (Å²) in [5.74, 6) is 0. The molecule has 0 amide bonds. The molecule has 92 valence electrons. The summed E-state index contributed by atoms with van der Waals surface area (Å²) in [5, 5.41) is 12.3. The smallest absolute Gasteiger partial charge is 0.101 e. The van der Waals surface area contributed by atoms with Crippen molar-refractivity contribution in [1.29, 1.82) is 5.26 Å². The Morgan fingerprint density at radius 3 is 2.76 bits per heavy atom. The molecule has 1 rings (SSSR count). The number of nitrogens with one attached hydrogen (secondary N) is 1. The molecule has 1 aromatic rings. The fourth-order valence-corrected chi connectivity index (χ4v) is 1.84. The highest BCUT2D eigenvalue weighted by atomic mass is 15.1. The minimum absolute atomic E-state index is 0.761. The van der Waals surface area contributed by atoms with Crippen LogP contribution in [0, 0.1) is 11.3 Å². The van der Waals surface area contributed by atoms with Crippen LogP contribution in [0.2, 0.25) is 0 Å². The molecule has 0 aromatic heterocycles. The minimum Gasteiger partial charge on any atom is -0.374 e. The summed E-state index contributed by atoms with van der Waals surface area (Å²) in [6.45, 7) is 3.97. The van der Waals surface area contributed by atoms with Gasteiger partial charge in [-0.2, -0.15) is 5.26 Å². The van der Waals surface area contributed by atoms with E-state index in [0.717, 1.165) is 36.3 Å². The van der Waals surface area contributed by atoms with E-state index >= 15 is 0 Å². The standard InChI is InChI=1S/C14H21N3/c1-4-5-8-17(3)14-7-6-12(11-16-2)9-13(14)10-15/h6-7,9,16H,4-5,8,11H2,1-3H3. The quantitative estimate of drug-likeness (QED) is 0.817. The van der Waals surface area contributed by atoms with Gasteiger partial charge in [-0.1, -0.05) is 19.4 Å². The van der Waals surface area contributed by atoms with Crippen LogP contribution in [0.1, 0.15) is 30.9 Å². The van der Waals surface area contributed by atoms with E-state index in [2.05, 4.69) is 29.3 Å². The molecule has 0 aliphatic rings. The molecule has 0 spiro atoms. The lowest BCUT2D eigenvalue weighted by Crippen LogP contribution is -2.19. The third kappa shape index (κ3) is 3.76. The van der Waals surface area contributed by atoms with E-state index in [4.69, 9.17) is 0 Å². The molecule has 0 aliphatic carbocycles. The van der Waals surface area contributed by atoms with Crippen LogP contribution in [0.5, 0.6) is 0 Å². The molecule has 0 bridgehead atoms. The van der Waals surface area contributed by atoms with Gasteiger partial charge in [-0.3, -0.25) is 0 Å². The Morgan fingerprint density at radius 2 is 2.18 bits per heavy atom. The molecule has 1 N–H and O–H groups in total. The maximum absolute atomic E-state index is 9.19. The summed E-state index contributed by atoms with van der Waals surface area (Å²) in [4.78, 5) is 2.16. The monoisotopic (exact) mass is 231 g/mol. The number of nitriles is 1. The lowest BCUT2D eigenvalue weighted by molar-refractivity contribution is 0.765. The number of nitrogens with zero attached hydrogens (tertiary/aromatic N) is 2. The van der Waals surface area contributed by atoms with Crippen molar-refractivity contribution in [1.82, 2.24) is 5.32 Å². The summed E-state index contributed by atoms with van der Waals surface area (Å²) in [7, 11) is 3.96. The first kappa shape index (κ1) is 13.5. The predicted molar refractivity (Wildman–Crippen MR) is 72.1 cm³/mol. The molecule has 0 atom stereocenters. The average molecular weight is 231 g/mol. The van der Waals surface area contributed by atoms with Gasteiger partial charge in [0.1, 0.15) is 6.07 Å². The van der Waals surface area contributed by atoms with Gasteiger partial charge in [0.15, 0.2) is 0 Å². The number of anilines is 1. The predicted octanol–water partition coefficient (Wildman–Crippen LogP) is 2.51. The van der Waals surface area contributed by atoms with Crippen LogP contribution in [-0.2, 0) is 6.54 Å². The maximum atomic E-state index is 9.19. The number of hydrogen-bond donors (Lipinski definition) is 1. The van der Waals surface area contributed by atoms with E-state index in [-0.39, 0.29) is 0 Å². The molecule has 0 heterocycles. The molecule has 0 saturated heterocycles. The molecule has 0 unspecified atom stereocenters. The van der Waals surface area contributed by atoms with Crippen molar-refractivity contribution < 1.29 is 0 Å². The van der Waals surface area contributed by atoms with E-state index in [1.165, 1.54) is 6.42 Å². The van der Waals surface area contributed by atoms with E-state index in [0.29, 0.717) is 0 Å². The normalized spacial score (nSPS) is 10.0. The molecule has 1 aromatic carbocycles. The average Bonchev–Trinajstić information content (AvgIpc) is 2.36. The zero-order valence-corrected chi connectivity index (χ0v) is 11.0. The second-order valence-corrected chi connectivity index (χ2v) is 4.27. The maximum Gasteiger partial charge on any atom is 0.101 e. The number of unbranched alkanes of at least 4 members (excludes halogenated alkanes) is 1. The molecule has 0 saturated carbocycles. The van der Waals surface area contributed by atoms with Crippen molar-refractivity contribution in [2.45, 2.75) is 26.3 Å². The molecular weight excluding hydrogens is 210 g/mol. The Kier molecular flexibility index (Phi) is 5.51. The van der Waals surface area contributed by atoms with Crippen molar-refractivity contribution in [3.63, 3.8) is 0 Å². The minimum atomic E-state index is 0.761. The summed E-state index contributed by atoms with van der Waals surface area (Å²) in [6, 6.07) is 8.37. The molecular formula is C14H21N3. The Morgan fingerprint density at radius 1 is 1.41 bits per heavy atom. The van der Waals surface area contributed by atoms with Crippen molar-refractivity contribution in [3.8, 4) is 6.07 Å². The van der Waals surface area contributed by atoms with E-state index in [1.807, 2.05) is 26.2 Å². The summed E-state index contributed by atoms with van der Waals surface area (Å²) in [5.41, 5.74) is 2.94. The SMILES string of the molecule is CCCCN(C)c1ccc(CNC)cc1C#N. The molecule has 0 radical (unpaired) electrons. The molecule has 3 nitrogen and oxygen atoms in total. The van der Waals surface area contributed by atoms with E-state index in [9.17, 15) is 5.26 Å². The van der Waals surface area contributed by atoms with Crippen LogP contribution in [0.3, 0.4) is 0 Å². The zero-order chi connectivity index (χ0) is 12.7. The first-order valence-corrected chi connectivity index (χ1v) is 6.11. The third-order valence-electron chi connectivity index (χ3n) is 2.82. The van der Waals surface area contributed by atoms with Gasteiger partial charge < -0.3 is 10.2 Å². The Bertz CT molecular complexity index is 393. The van der Waals surface area contributed by atoms with Gasteiger partial charge in [0, 0.05) is 20.1 Å². The summed E-state index contributed by atoms with van der Waals surface area (Å²) < 4.78 is 0. The molecule has 0 aliphatic heterocycles. The first-order valence-electron chi connectivity index (χ1n) is 6.11. The molecule has 3 heteroatoms. The fraction of sp³-hybridized carbons (Fsp3) is 0.500. The highest BCUT2D eigenvalue weighted by molar-refractivity contribution is 5.60. The summed E-state index contributed by atoms with van der Waals surface area (Å²) in [6.07, 6.45) is 2.32. The zero-order valence-electron chi connectivity index (χ0n) is 11.0. The summed E-state index contributed by atoms with van der Waals surface area (Å²) >= 11 is 0. The Hall–Kier alpha value is -1.53. The van der Waals surface area contributed by atoms with E-state index in [1.54, 1.807) is 0 Å². The van der Waals surface area contributed by atoms with Gasteiger partial charge in [-0.25, -0.2) is 0 Å². The number of benzene rings is 1. The third-order valence-corrected chi connectivity index (χ3v) is 2.82. The lowest BCUT2D eigenvalue weighted by atomic mass is 10.1. The van der Waals surface area contributed by atoms with Crippen molar-refractivity contribution >= 4 is 5.69 Å². The highest BCUT2D eigenvalue weighted by Gasteiger charge is 2.07. The van der Waals surface area contributed by atoms with Gasteiger partial charge in [0.05, 0.1) is 11.3 Å². The van der Waals surface area contributed by atoms with Crippen LogP contribution < -0.4 is 10.2 Å². The topological polar surface area (TPSA) is 39.1 Å². The first-order chi connectivity index (χ1) is 8.22. The molecule has 0 fully saturated rings. The largest absolute Gasteiger partial charge is 0.374 e. The number of rotatable bonds is 6. The Balaban J connectivity index is 2.88. The van der Waals surface area contributed by atoms with Gasteiger partial charge in [-0.15, -0.1) is 0 Å². The number of hydrogen-bond acceptors (Lipinski definition) is 3. The van der Waals surface area contributed by atoms with E-state index < -0.39 is 0 Å². The second-order valence-electron chi connectivity index (χ2n) is 4.27.